The van der Waals surface area contributed by atoms with E-state index in [1.165, 1.54) is 11.8 Å². The average molecular weight is 285 g/mol. The van der Waals surface area contributed by atoms with Crippen LogP contribution in [0.2, 0.25) is 0 Å². The molecule has 0 bridgehead atoms. The van der Waals surface area contributed by atoms with Crippen molar-refractivity contribution in [2.45, 2.75) is 17.1 Å². The number of thioether (sulfide) groups is 1. The Balaban J connectivity index is 2.22. The van der Waals surface area contributed by atoms with Crippen molar-refractivity contribution in [1.82, 2.24) is 0 Å². The summed E-state index contributed by atoms with van der Waals surface area (Å²) in [5, 5.41) is -0.322. The molecule has 2 N–H and O–H groups in total. The quantitative estimate of drug-likeness (QED) is 0.679. The maximum absolute atomic E-state index is 12.3. The molecule has 0 aromatic heterocycles. The van der Waals surface area contributed by atoms with Gasteiger partial charge in [0.25, 0.3) is 0 Å². The van der Waals surface area contributed by atoms with E-state index in [1.807, 2.05) is 30.3 Å². The predicted octanol–water partition coefficient (Wildman–Crippen LogP) is 2.88. The molecule has 0 aliphatic rings. The van der Waals surface area contributed by atoms with Crippen LogP contribution in [0.15, 0.2) is 59.5 Å². The minimum atomic E-state index is -0.366. The number of benzene rings is 2. The number of nitrogens with two attached hydrogens (primary N) is 1. The third kappa shape index (κ3) is 3.48. The van der Waals surface area contributed by atoms with Crippen LogP contribution in [0, 0.1) is 0 Å². The summed E-state index contributed by atoms with van der Waals surface area (Å²) in [7, 11) is 0. The highest BCUT2D eigenvalue weighted by Gasteiger charge is 2.13. The van der Waals surface area contributed by atoms with E-state index in [0.29, 0.717) is 11.1 Å². The summed E-state index contributed by atoms with van der Waals surface area (Å²) in [6.45, 7) is 1.75. The van der Waals surface area contributed by atoms with Crippen molar-refractivity contribution in [3.63, 3.8) is 0 Å². The van der Waals surface area contributed by atoms with Crippen LogP contribution >= 0.6 is 11.8 Å². The summed E-state index contributed by atoms with van der Waals surface area (Å²) in [6, 6.07) is 16.4. The van der Waals surface area contributed by atoms with Crippen LogP contribution in [-0.2, 0) is 4.79 Å². The topological polar surface area (TPSA) is 60.2 Å². The SMILES string of the molecule is CC(Sc1cccc(C(=O)c2ccccc2)c1)C(N)=O. The second-order valence-corrected chi connectivity index (χ2v) is 5.80. The van der Waals surface area contributed by atoms with Crippen LogP contribution in [0.25, 0.3) is 0 Å². The molecule has 20 heavy (non-hydrogen) atoms. The molecule has 0 saturated heterocycles. The molecule has 0 aliphatic carbocycles. The zero-order valence-corrected chi connectivity index (χ0v) is 11.9. The fourth-order valence-corrected chi connectivity index (χ4v) is 2.61. The summed E-state index contributed by atoms with van der Waals surface area (Å²) in [5.41, 5.74) is 6.51. The van der Waals surface area contributed by atoms with Gasteiger partial charge in [0.1, 0.15) is 0 Å². The van der Waals surface area contributed by atoms with Crippen molar-refractivity contribution in [2.75, 3.05) is 0 Å². The van der Waals surface area contributed by atoms with Crippen LogP contribution in [-0.4, -0.2) is 16.9 Å². The highest BCUT2D eigenvalue weighted by Crippen LogP contribution is 2.24. The highest BCUT2D eigenvalue weighted by atomic mass is 32.2. The molecule has 0 radical (unpaired) electrons. The van der Waals surface area contributed by atoms with E-state index in [4.69, 9.17) is 5.73 Å². The van der Waals surface area contributed by atoms with E-state index in [1.54, 1.807) is 31.2 Å². The van der Waals surface area contributed by atoms with Gasteiger partial charge < -0.3 is 5.73 Å². The third-order valence-corrected chi connectivity index (χ3v) is 3.96. The van der Waals surface area contributed by atoms with E-state index < -0.39 is 0 Å². The maximum Gasteiger partial charge on any atom is 0.230 e. The lowest BCUT2D eigenvalue weighted by Crippen LogP contribution is -2.22. The van der Waals surface area contributed by atoms with E-state index in [-0.39, 0.29) is 16.9 Å². The van der Waals surface area contributed by atoms with Gasteiger partial charge in [-0.2, -0.15) is 0 Å². The number of hydrogen-bond acceptors (Lipinski definition) is 3. The van der Waals surface area contributed by atoms with Crippen molar-refractivity contribution in [2.24, 2.45) is 5.73 Å². The Labute approximate surface area is 122 Å². The fraction of sp³-hybridized carbons (Fsp3) is 0.125. The number of amides is 1. The van der Waals surface area contributed by atoms with Gasteiger partial charge >= 0.3 is 0 Å². The first-order valence-electron chi connectivity index (χ1n) is 6.23. The average Bonchev–Trinajstić information content (AvgIpc) is 2.47. The Hall–Kier alpha value is -2.07. The highest BCUT2D eigenvalue weighted by molar-refractivity contribution is 8.00. The van der Waals surface area contributed by atoms with Gasteiger partial charge in [-0.25, -0.2) is 0 Å². The zero-order chi connectivity index (χ0) is 14.5. The van der Waals surface area contributed by atoms with Gasteiger partial charge in [0, 0.05) is 16.0 Å². The number of ketones is 1. The molecule has 2 rings (SSSR count). The largest absolute Gasteiger partial charge is 0.369 e. The van der Waals surface area contributed by atoms with Crippen LogP contribution in [0.4, 0.5) is 0 Å². The summed E-state index contributed by atoms with van der Waals surface area (Å²) < 4.78 is 0. The lowest BCUT2D eigenvalue weighted by molar-refractivity contribution is -0.117. The van der Waals surface area contributed by atoms with Gasteiger partial charge in [0.2, 0.25) is 5.91 Å². The van der Waals surface area contributed by atoms with Crippen molar-refractivity contribution >= 4 is 23.5 Å². The predicted molar refractivity (Wildman–Crippen MR) is 80.8 cm³/mol. The lowest BCUT2D eigenvalue weighted by atomic mass is 10.0. The number of carbonyl (C=O) groups is 2. The summed E-state index contributed by atoms with van der Waals surface area (Å²) in [5.74, 6) is -0.394. The molecule has 1 amide bonds. The first kappa shape index (κ1) is 14.3. The summed E-state index contributed by atoms with van der Waals surface area (Å²) in [4.78, 5) is 24.3. The molecule has 0 aliphatic heterocycles. The molecule has 3 nitrogen and oxygen atoms in total. The first-order chi connectivity index (χ1) is 9.58. The molecule has 102 valence electrons. The standard InChI is InChI=1S/C16H15NO2S/c1-11(16(17)19)20-14-9-5-8-13(10-14)15(18)12-6-3-2-4-7-12/h2-11H,1H3,(H2,17,19). The number of rotatable bonds is 5. The summed E-state index contributed by atoms with van der Waals surface area (Å²) in [6.07, 6.45) is 0. The van der Waals surface area contributed by atoms with Crippen molar-refractivity contribution in [1.29, 1.82) is 0 Å². The van der Waals surface area contributed by atoms with Gasteiger partial charge in [-0.3, -0.25) is 9.59 Å². The first-order valence-corrected chi connectivity index (χ1v) is 7.11. The maximum atomic E-state index is 12.3. The van der Waals surface area contributed by atoms with Gasteiger partial charge in [-0.15, -0.1) is 11.8 Å². The van der Waals surface area contributed by atoms with Crippen molar-refractivity contribution in [3.8, 4) is 0 Å². The molecular weight excluding hydrogens is 270 g/mol. The second-order valence-electron chi connectivity index (χ2n) is 4.39. The molecule has 2 aromatic rings. The van der Waals surface area contributed by atoms with E-state index >= 15 is 0 Å². The Morgan fingerprint density at radius 2 is 1.65 bits per heavy atom. The zero-order valence-electron chi connectivity index (χ0n) is 11.1. The Bertz CT molecular complexity index is 625. The molecule has 2 aromatic carbocycles. The van der Waals surface area contributed by atoms with Crippen molar-refractivity contribution < 1.29 is 9.59 Å². The normalized spacial score (nSPS) is 11.8. The van der Waals surface area contributed by atoms with E-state index in [0.717, 1.165) is 4.90 Å². The van der Waals surface area contributed by atoms with Gasteiger partial charge in [-0.1, -0.05) is 42.5 Å². The van der Waals surface area contributed by atoms with Crippen molar-refractivity contribution in [3.05, 3.63) is 65.7 Å². The van der Waals surface area contributed by atoms with Crippen LogP contribution < -0.4 is 5.73 Å². The minimum Gasteiger partial charge on any atom is -0.369 e. The lowest BCUT2D eigenvalue weighted by Gasteiger charge is -2.08. The Kier molecular flexibility index (Phi) is 4.58. The van der Waals surface area contributed by atoms with Gasteiger partial charge in [0.15, 0.2) is 5.78 Å². The molecule has 1 unspecified atom stereocenters. The number of primary amides is 1. The van der Waals surface area contributed by atoms with Crippen LogP contribution in [0.1, 0.15) is 22.8 Å². The molecule has 4 heteroatoms. The monoisotopic (exact) mass is 285 g/mol. The molecule has 1 atom stereocenters. The van der Waals surface area contributed by atoms with Crippen LogP contribution in [0.3, 0.4) is 0 Å². The molecular formula is C16H15NO2S. The Morgan fingerprint density at radius 1 is 1.00 bits per heavy atom. The molecule has 0 fully saturated rings. The molecule has 0 heterocycles. The van der Waals surface area contributed by atoms with Crippen LogP contribution in [0.5, 0.6) is 0 Å². The minimum absolute atomic E-state index is 0.0280. The fourth-order valence-electron chi connectivity index (χ4n) is 1.73. The molecule has 0 saturated carbocycles. The number of carbonyl (C=O) groups excluding carboxylic acids is 2. The smallest absolute Gasteiger partial charge is 0.230 e. The number of hydrogen-bond donors (Lipinski definition) is 1. The van der Waals surface area contributed by atoms with E-state index in [9.17, 15) is 9.59 Å². The second kappa shape index (κ2) is 6.39. The molecule has 0 spiro atoms. The van der Waals surface area contributed by atoms with Gasteiger partial charge in [0.05, 0.1) is 5.25 Å². The summed E-state index contributed by atoms with van der Waals surface area (Å²) >= 11 is 1.35. The Morgan fingerprint density at radius 3 is 2.30 bits per heavy atom. The van der Waals surface area contributed by atoms with E-state index in [2.05, 4.69) is 0 Å². The third-order valence-electron chi connectivity index (χ3n) is 2.85. The van der Waals surface area contributed by atoms with Gasteiger partial charge in [-0.05, 0) is 19.1 Å².